The van der Waals surface area contributed by atoms with Crippen molar-refractivity contribution < 1.29 is 18.7 Å². The molecular formula is C23H18N2O4. The van der Waals surface area contributed by atoms with Crippen molar-refractivity contribution in [1.82, 2.24) is 10.3 Å². The number of carbonyl (C=O) groups excluding carboxylic acids is 1. The summed E-state index contributed by atoms with van der Waals surface area (Å²) in [5.41, 5.74) is 5.16. The highest BCUT2D eigenvalue weighted by Gasteiger charge is 2.16. The van der Waals surface area contributed by atoms with Gasteiger partial charge in [-0.2, -0.15) is 0 Å². The summed E-state index contributed by atoms with van der Waals surface area (Å²) in [6, 6.07) is 18.9. The standard InChI is InChI=1S/C23H18N2O4/c1-14-2-8-18-20(10-14)29-23(25-18)16-5-3-15(4-6-16)12-24-22(26)17-7-9-19-21(11-17)28-13-27-19/h2-11H,12-13H2,1H3,(H,24,26). The van der Waals surface area contributed by atoms with Crippen LogP contribution in [0.25, 0.3) is 22.6 Å². The first-order chi connectivity index (χ1) is 14.2. The van der Waals surface area contributed by atoms with Crippen LogP contribution in [0.15, 0.2) is 65.1 Å². The second-order valence-corrected chi connectivity index (χ2v) is 6.94. The highest BCUT2D eigenvalue weighted by molar-refractivity contribution is 5.94. The van der Waals surface area contributed by atoms with Crippen LogP contribution in [0, 0.1) is 6.92 Å². The Morgan fingerprint density at radius 2 is 1.83 bits per heavy atom. The predicted octanol–water partition coefficient (Wildman–Crippen LogP) is 4.46. The Morgan fingerprint density at radius 3 is 2.69 bits per heavy atom. The Morgan fingerprint density at radius 1 is 1.00 bits per heavy atom. The molecule has 3 aromatic carbocycles. The lowest BCUT2D eigenvalue weighted by Gasteiger charge is -2.07. The minimum absolute atomic E-state index is 0.165. The minimum Gasteiger partial charge on any atom is -0.454 e. The fraction of sp³-hybridized carbons (Fsp3) is 0.130. The molecule has 0 unspecified atom stereocenters. The molecule has 0 aliphatic carbocycles. The molecule has 1 aliphatic rings. The average molecular weight is 386 g/mol. The fourth-order valence-electron chi connectivity index (χ4n) is 3.24. The summed E-state index contributed by atoms with van der Waals surface area (Å²) >= 11 is 0. The molecule has 1 aromatic heterocycles. The number of nitrogens with one attached hydrogen (secondary N) is 1. The molecule has 0 radical (unpaired) electrons. The van der Waals surface area contributed by atoms with Crippen molar-refractivity contribution in [2.75, 3.05) is 6.79 Å². The number of hydrogen-bond acceptors (Lipinski definition) is 5. The van der Waals surface area contributed by atoms with E-state index in [1.54, 1.807) is 18.2 Å². The van der Waals surface area contributed by atoms with Crippen molar-refractivity contribution in [1.29, 1.82) is 0 Å². The number of aryl methyl sites for hydroxylation is 1. The summed E-state index contributed by atoms with van der Waals surface area (Å²) < 4.78 is 16.5. The van der Waals surface area contributed by atoms with Gasteiger partial charge in [0, 0.05) is 17.7 Å². The molecule has 0 saturated heterocycles. The van der Waals surface area contributed by atoms with E-state index < -0.39 is 0 Å². The van der Waals surface area contributed by atoms with Gasteiger partial charge in [0.2, 0.25) is 12.7 Å². The quantitative estimate of drug-likeness (QED) is 0.560. The summed E-state index contributed by atoms with van der Waals surface area (Å²) in [6.45, 7) is 2.63. The first-order valence-corrected chi connectivity index (χ1v) is 9.30. The summed E-state index contributed by atoms with van der Waals surface area (Å²) in [5.74, 6) is 1.67. The van der Waals surface area contributed by atoms with E-state index in [4.69, 9.17) is 13.9 Å². The molecular weight excluding hydrogens is 368 g/mol. The molecule has 0 spiro atoms. The van der Waals surface area contributed by atoms with E-state index in [-0.39, 0.29) is 12.7 Å². The van der Waals surface area contributed by atoms with Gasteiger partial charge in [-0.15, -0.1) is 0 Å². The highest BCUT2D eigenvalue weighted by Crippen LogP contribution is 2.32. The Labute approximate surface area is 167 Å². The van der Waals surface area contributed by atoms with Gasteiger partial charge in [0.05, 0.1) is 0 Å². The monoisotopic (exact) mass is 386 g/mol. The number of nitrogens with zero attached hydrogens (tertiary/aromatic N) is 1. The highest BCUT2D eigenvalue weighted by atomic mass is 16.7. The zero-order valence-electron chi connectivity index (χ0n) is 15.8. The van der Waals surface area contributed by atoms with Crippen LogP contribution in [0.4, 0.5) is 0 Å². The van der Waals surface area contributed by atoms with E-state index in [1.807, 2.05) is 49.4 Å². The number of oxazole rings is 1. The second-order valence-electron chi connectivity index (χ2n) is 6.94. The van der Waals surface area contributed by atoms with Crippen molar-refractivity contribution >= 4 is 17.0 Å². The summed E-state index contributed by atoms with van der Waals surface area (Å²) in [5, 5.41) is 2.92. The SMILES string of the molecule is Cc1ccc2nc(-c3ccc(CNC(=O)c4ccc5c(c4)OCO5)cc3)oc2c1. The molecule has 29 heavy (non-hydrogen) atoms. The molecule has 144 valence electrons. The molecule has 2 heterocycles. The molecule has 0 atom stereocenters. The number of fused-ring (bicyclic) bond motifs is 2. The van der Waals surface area contributed by atoms with Crippen LogP contribution < -0.4 is 14.8 Å². The van der Waals surface area contributed by atoms with E-state index in [1.165, 1.54) is 0 Å². The molecule has 1 N–H and O–H groups in total. The third-order valence-corrected chi connectivity index (χ3v) is 4.83. The topological polar surface area (TPSA) is 73.6 Å². The van der Waals surface area contributed by atoms with E-state index in [0.29, 0.717) is 29.5 Å². The number of ether oxygens (including phenoxy) is 2. The van der Waals surface area contributed by atoms with Crippen molar-refractivity contribution in [3.63, 3.8) is 0 Å². The molecule has 1 aliphatic heterocycles. The largest absolute Gasteiger partial charge is 0.454 e. The van der Waals surface area contributed by atoms with Gasteiger partial charge in [0.15, 0.2) is 17.1 Å². The molecule has 0 bridgehead atoms. The number of rotatable bonds is 4. The number of aromatic nitrogens is 1. The molecule has 0 saturated carbocycles. The van der Waals surface area contributed by atoms with E-state index in [0.717, 1.165) is 27.8 Å². The van der Waals surface area contributed by atoms with Crippen LogP contribution in [0.5, 0.6) is 11.5 Å². The van der Waals surface area contributed by atoms with Crippen LogP contribution >= 0.6 is 0 Å². The molecule has 4 aromatic rings. The maximum absolute atomic E-state index is 12.4. The summed E-state index contributed by atoms with van der Waals surface area (Å²) in [6.07, 6.45) is 0. The van der Waals surface area contributed by atoms with Crippen LogP contribution in [-0.2, 0) is 6.54 Å². The van der Waals surface area contributed by atoms with Gasteiger partial charge in [0.25, 0.3) is 5.91 Å². The molecule has 5 rings (SSSR count). The maximum Gasteiger partial charge on any atom is 0.251 e. The molecule has 6 nitrogen and oxygen atoms in total. The summed E-state index contributed by atoms with van der Waals surface area (Å²) in [7, 11) is 0. The number of amides is 1. The van der Waals surface area contributed by atoms with Gasteiger partial charge in [0.1, 0.15) is 5.52 Å². The van der Waals surface area contributed by atoms with Crippen LogP contribution in [0.3, 0.4) is 0 Å². The van der Waals surface area contributed by atoms with Gasteiger partial charge in [-0.25, -0.2) is 4.98 Å². The lowest BCUT2D eigenvalue weighted by molar-refractivity contribution is 0.0950. The van der Waals surface area contributed by atoms with Crippen LogP contribution in [0.1, 0.15) is 21.5 Å². The number of carbonyl (C=O) groups is 1. The summed E-state index contributed by atoms with van der Waals surface area (Å²) in [4.78, 5) is 16.9. The fourth-order valence-corrected chi connectivity index (χ4v) is 3.24. The van der Waals surface area contributed by atoms with Gasteiger partial charge in [-0.3, -0.25) is 4.79 Å². The zero-order valence-corrected chi connectivity index (χ0v) is 15.8. The zero-order chi connectivity index (χ0) is 19.8. The maximum atomic E-state index is 12.4. The Balaban J connectivity index is 1.27. The third kappa shape index (κ3) is 3.40. The van der Waals surface area contributed by atoms with Crippen molar-refractivity contribution in [3.8, 4) is 23.0 Å². The average Bonchev–Trinajstić information content (AvgIpc) is 3.38. The van der Waals surface area contributed by atoms with Crippen molar-refractivity contribution in [3.05, 3.63) is 77.4 Å². The van der Waals surface area contributed by atoms with E-state index in [2.05, 4.69) is 10.3 Å². The number of benzene rings is 3. The lowest BCUT2D eigenvalue weighted by atomic mass is 10.1. The first kappa shape index (κ1) is 17.3. The predicted molar refractivity (Wildman–Crippen MR) is 108 cm³/mol. The third-order valence-electron chi connectivity index (χ3n) is 4.83. The smallest absolute Gasteiger partial charge is 0.251 e. The van der Waals surface area contributed by atoms with Crippen LogP contribution in [0.2, 0.25) is 0 Å². The molecule has 6 heteroatoms. The van der Waals surface area contributed by atoms with Gasteiger partial charge < -0.3 is 19.2 Å². The normalized spacial score (nSPS) is 12.3. The number of hydrogen-bond donors (Lipinski definition) is 1. The Kier molecular flexibility index (Phi) is 4.17. The lowest BCUT2D eigenvalue weighted by Crippen LogP contribution is -2.22. The molecule has 1 amide bonds. The Hall–Kier alpha value is -3.80. The first-order valence-electron chi connectivity index (χ1n) is 9.30. The van der Waals surface area contributed by atoms with Gasteiger partial charge in [-0.05, 0) is 60.5 Å². The van der Waals surface area contributed by atoms with Gasteiger partial charge >= 0.3 is 0 Å². The molecule has 0 fully saturated rings. The van der Waals surface area contributed by atoms with E-state index in [9.17, 15) is 4.79 Å². The van der Waals surface area contributed by atoms with Crippen molar-refractivity contribution in [2.45, 2.75) is 13.5 Å². The Bertz CT molecular complexity index is 1210. The minimum atomic E-state index is -0.165. The van der Waals surface area contributed by atoms with Crippen molar-refractivity contribution in [2.24, 2.45) is 0 Å². The van der Waals surface area contributed by atoms with Gasteiger partial charge in [-0.1, -0.05) is 18.2 Å². The second kappa shape index (κ2) is 6.98. The van der Waals surface area contributed by atoms with Crippen LogP contribution in [-0.4, -0.2) is 17.7 Å². The van der Waals surface area contributed by atoms with E-state index >= 15 is 0 Å².